The minimum absolute atomic E-state index is 0.173. The highest BCUT2D eigenvalue weighted by Crippen LogP contribution is 2.34. The summed E-state index contributed by atoms with van der Waals surface area (Å²) < 4.78 is 11.8. The first kappa shape index (κ1) is 11.2. The zero-order chi connectivity index (χ0) is 10.8. The van der Waals surface area contributed by atoms with Crippen LogP contribution in [0.4, 0.5) is 0 Å². The molecule has 0 saturated carbocycles. The number of hydrogen-bond acceptors (Lipinski definition) is 2. The molecule has 7 heteroatoms. The minimum Gasteiger partial charge on any atom is -0.324 e. The van der Waals surface area contributed by atoms with Crippen LogP contribution in [-0.4, -0.2) is 25.7 Å². The summed E-state index contributed by atoms with van der Waals surface area (Å²) in [4.78, 5) is 28.3. The van der Waals surface area contributed by atoms with Gasteiger partial charge in [-0.25, -0.2) is 0 Å². The summed E-state index contributed by atoms with van der Waals surface area (Å²) in [6.07, 6.45) is 0.0850. The maximum Gasteiger partial charge on any atom is 0.325 e. The number of aromatic nitrogens is 2. The van der Waals surface area contributed by atoms with Crippen LogP contribution in [0, 0.1) is 6.92 Å². The van der Waals surface area contributed by atoms with Crippen molar-refractivity contribution in [2.24, 2.45) is 0 Å². The van der Waals surface area contributed by atoms with E-state index in [-0.39, 0.29) is 18.1 Å². The Hall–Kier alpha value is -0.840. The lowest BCUT2D eigenvalue weighted by Gasteiger charge is -2.03. The Morgan fingerprint density at radius 2 is 2.21 bits per heavy atom. The molecule has 0 aromatic carbocycles. The van der Waals surface area contributed by atoms with E-state index in [1.54, 1.807) is 6.92 Å². The molecule has 0 saturated heterocycles. The fraction of sp³-hybridized carbons (Fsp3) is 0.571. The van der Waals surface area contributed by atoms with Crippen LogP contribution in [0.15, 0.2) is 10.9 Å². The molecule has 1 heterocycles. The van der Waals surface area contributed by atoms with Crippen LogP contribution in [0.25, 0.3) is 0 Å². The van der Waals surface area contributed by atoms with E-state index in [9.17, 15) is 9.36 Å². The van der Waals surface area contributed by atoms with E-state index < -0.39 is 7.60 Å². The number of H-pyrrole nitrogens is 1. The van der Waals surface area contributed by atoms with Crippen molar-refractivity contribution in [1.82, 2.24) is 9.78 Å². The van der Waals surface area contributed by atoms with E-state index in [4.69, 9.17) is 9.79 Å². The van der Waals surface area contributed by atoms with Gasteiger partial charge in [0, 0.05) is 18.3 Å². The van der Waals surface area contributed by atoms with Gasteiger partial charge in [0.05, 0.1) is 6.16 Å². The Morgan fingerprint density at radius 3 is 2.64 bits per heavy atom. The Morgan fingerprint density at radius 1 is 1.57 bits per heavy atom. The van der Waals surface area contributed by atoms with Gasteiger partial charge in [0.1, 0.15) is 0 Å². The number of aromatic amines is 1. The molecule has 0 fully saturated rings. The molecule has 0 unspecified atom stereocenters. The third-order valence-electron chi connectivity index (χ3n) is 1.75. The molecule has 0 aliphatic heterocycles. The van der Waals surface area contributed by atoms with E-state index in [1.165, 1.54) is 10.7 Å². The molecular weight excluding hydrogens is 207 g/mol. The first-order valence-corrected chi connectivity index (χ1v) is 5.99. The molecule has 1 aromatic rings. The average Bonchev–Trinajstić information content (AvgIpc) is 2.27. The Bertz CT molecular complexity index is 402. The van der Waals surface area contributed by atoms with E-state index in [2.05, 4.69) is 5.10 Å². The smallest absolute Gasteiger partial charge is 0.324 e. The Labute approximate surface area is 80.7 Å². The second-order valence-corrected chi connectivity index (χ2v) is 4.95. The van der Waals surface area contributed by atoms with Gasteiger partial charge >= 0.3 is 7.60 Å². The number of aryl methyl sites for hydroxylation is 2. The molecular formula is C7H13N2O4P. The van der Waals surface area contributed by atoms with Crippen LogP contribution >= 0.6 is 7.60 Å². The fourth-order valence-electron chi connectivity index (χ4n) is 1.16. The SMILES string of the molecule is Cc1cc(=O)n(CCCP(=O)(O)O)[nH]1. The highest BCUT2D eigenvalue weighted by Gasteiger charge is 2.12. The van der Waals surface area contributed by atoms with Gasteiger partial charge in [-0.2, -0.15) is 0 Å². The maximum absolute atomic E-state index is 11.1. The molecule has 0 spiro atoms. The zero-order valence-electron chi connectivity index (χ0n) is 7.80. The molecule has 14 heavy (non-hydrogen) atoms. The summed E-state index contributed by atoms with van der Waals surface area (Å²) in [6.45, 7) is 2.05. The molecule has 1 rings (SSSR count). The van der Waals surface area contributed by atoms with E-state index in [1.807, 2.05) is 0 Å². The van der Waals surface area contributed by atoms with Crippen LogP contribution in [0.5, 0.6) is 0 Å². The predicted molar refractivity (Wildman–Crippen MR) is 51.3 cm³/mol. The second-order valence-electron chi connectivity index (χ2n) is 3.17. The normalized spacial score (nSPS) is 11.9. The van der Waals surface area contributed by atoms with Crippen LogP contribution in [0.2, 0.25) is 0 Å². The first-order chi connectivity index (χ1) is 6.38. The largest absolute Gasteiger partial charge is 0.325 e. The number of nitrogens with one attached hydrogen (secondary N) is 1. The summed E-state index contributed by atoms with van der Waals surface area (Å²) in [5.74, 6) is 0. The quantitative estimate of drug-likeness (QED) is 0.625. The number of nitrogens with zero attached hydrogens (tertiary/aromatic N) is 1. The summed E-state index contributed by atoms with van der Waals surface area (Å²) in [5.41, 5.74) is 0.569. The van der Waals surface area contributed by atoms with Crippen LogP contribution in [-0.2, 0) is 11.1 Å². The molecule has 6 nitrogen and oxygen atoms in total. The van der Waals surface area contributed by atoms with Crippen molar-refractivity contribution in [2.75, 3.05) is 6.16 Å². The lowest BCUT2D eigenvalue weighted by atomic mass is 10.5. The molecule has 0 amide bonds. The van der Waals surface area contributed by atoms with Gasteiger partial charge in [0.15, 0.2) is 0 Å². The average molecular weight is 220 g/mol. The first-order valence-electron chi connectivity index (χ1n) is 4.19. The number of rotatable bonds is 4. The monoisotopic (exact) mass is 220 g/mol. The van der Waals surface area contributed by atoms with Crippen molar-refractivity contribution >= 4 is 7.60 Å². The molecule has 0 bridgehead atoms. The third kappa shape index (κ3) is 3.49. The second kappa shape index (κ2) is 4.13. The number of hydrogen-bond donors (Lipinski definition) is 3. The van der Waals surface area contributed by atoms with Gasteiger partial charge in [-0.15, -0.1) is 0 Å². The standard InChI is InChI=1S/C7H13N2O4P/c1-6-5-7(10)9(8-6)3-2-4-14(11,12)13/h5,8H,2-4H2,1H3,(H2,11,12,13). The van der Waals surface area contributed by atoms with Crippen molar-refractivity contribution < 1.29 is 14.4 Å². The van der Waals surface area contributed by atoms with E-state index >= 15 is 0 Å². The van der Waals surface area contributed by atoms with Crippen LogP contribution in [0.1, 0.15) is 12.1 Å². The van der Waals surface area contributed by atoms with Gasteiger partial charge in [-0.3, -0.25) is 14.0 Å². The van der Waals surface area contributed by atoms with Crippen molar-refractivity contribution in [3.63, 3.8) is 0 Å². The van der Waals surface area contributed by atoms with Crippen molar-refractivity contribution in [1.29, 1.82) is 0 Å². The topological polar surface area (TPSA) is 95.3 Å². The predicted octanol–water partition coefficient (Wildman–Crippen LogP) is 0.0526. The summed E-state index contributed by atoms with van der Waals surface area (Å²) in [7, 11) is -3.94. The van der Waals surface area contributed by atoms with Gasteiger partial charge < -0.3 is 14.9 Å². The van der Waals surface area contributed by atoms with Gasteiger partial charge in [-0.05, 0) is 13.3 Å². The van der Waals surface area contributed by atoms with Crippen molar-refractivity contribution in [2.45, 2.75) is 19.9 Å². The molecule has 0 aliphatic carbocycles. The zero-order valence-corrected chi connectivity index (χ0v) is 8.70. The van der Waals surface area contributed by atoms with Crippen molar-refractivity contribution in [3.8, 4) is 0 Å². The highest BCUT2D eigenvalue weighted by molar-refractivity contribution is 7.51. The highest BCUT2D eigenvalue weighted by atomic mass is 31.2. The lowest BCUT2D eigenvalue weighted by molar-refractivity contribution is 0.369. The summed E-state index contributed by atoms with van der Waals surface area (Å²) in [6, 6.07) is 1.44. The molecule has 0 aliphatic rings. The molecule has 1 aromatic heterocycles. The minimum atomic E-state index is -3.94. The van der Waals surface area contributed by atoms with Gasteiger partial charge in [0.2, 0.25) is 0 Å². The Balaban J connectivity index is 2.51. The maximum atomic E-state index is 11.1. The summed E-state index contributed by atoms with van der Waals surface area (Å²) >= 11 is 0. The van der Waals surface area contributed by atoms with Gasteiger partial charge in [-0.1, -0.05) is 0 Å². The van der Waals surface area contributed by atoms with E-state index in [0.717, 1.165) is 5.69 Å². The van der Waals surface area contributed by atoms with E-state index in [0.29, 0.717) is 6.54 Å². The molecule has 0 radical (unpaired) electrons. The Kier molecular flexibility index (Phi) is 3.31. The third-order valence-corrected chi connectivity index (χ3v) is 2.65. The van der Waals surface area contributed by atoms with Gasteiger partial charge in [0.25, 0.3) is 5.56 Å². The summed E-state index contributed by atoms with van der Waals surface area (Å²) in [5, 5.41) is 2.78. The van der Waals surface area contributed by atoms with Crippen molar-refractivity contribution in [3.05, 3.63) is 22.1 Å². The fourth-order valence-corrected chi connectivity index (χ4v) is 1.72. The lowest BCUT2D eigenvalue weighted by Crippen LogP contribution is -2.16. The van der Waals surface area contributed by atoms with Crippen LogP contribution < -0.4 is 5.56 Å². The molecule has 80 valence electrons. The molecule has 0 atom stereocenters. The molecule has 3 N–H and O–H groups in total. The van der Waals surface area contributed by atoms with Crippen LogP contribution in [0.3, 0.4) is 0 Å².